The lowest BCUT2D eigenvalue weighted by atomic mass is 10.1. The van der Waals surface area contributed by atoms with Gasteiger partial charge in [-0.15, -0.1) is 0 Å². The molecule has 7 heteroatoms. The third-order valence-corrected chi connectivity index (χ3v) is 5.26. The van der Waals surface area contributed by atoms with Crippen molar-refractivity contribution in [3.05, 3.63) is 36.4 Å². The van der Waals surface area contributed by atoms with Crippen LogP contribution in [0, 0.1) is 0 Å². The van der Waals surface area contributed by atoms with E-state index in [9.17, 15) is 9.59 Å². The smallest absolute Gasteiger partial charge is 0.272 e. The zero-order valence-electron chi connectivity index (χ0n) is 14.2. The predicted octanol–water partition coefficient (Wildman–Crippen LogP) is 0.761. The Morgan fingerprint density at radius 2 is 2.04 bits per heavy atom. The van der Waals surface area contributed by atoms with Crippen molar-refractivity contribution in [2.45, 2.75) is 25.3 Å². The minimum absolute atomic E-state index is 0.000982. The van der Waals surface area contributed by atoms with Gasteiger partial charge in [0.2, 0.25) is 5.91 Å². The standard InChI is InChI=1S/C18H23N5O2/c24-17-4-3-14(5-6-19-17)21-8-10-22(11-9-21)18(25)16-12-15-2-1-7-23(15)13-20-16/h1-2,7,12-14H,3-6,8-11H2,(H,19,24). The molecule has 4 rings (SSSR count). The van der Waals surface area contributed by atoms with Gasteiger partial charge in [0.15, 0.2) is 0 Å². The summed E-state index contributed by atoms with van der Waals surface area (Å²) >= 11 is 0. The maximum atomic E-state index is 12.7. The Morgan fingerprint density at radius 1 is 1.20 bits per heavy atom. The van der Waals surface area contributed by atoms with Gasteiger partial charge in [0.25, 0.3) is 5.91 Å². The molecule has 0 bridgehead atoms. The first-order chi connectivity index (χ1) is 12.2. The van der Waals surface area contributed by atoms with Crippen molar-refractivity contribution in [2.24, 2.45) is 0 Å². The molecule has 0 aromatic carbocycles. The van der Waals surface area contributed by atoms with Crippen molar-refractivity contribution in [3.8, 4) is 0 Å². The van der Waals surface area contributed by atoms with Crippen LogP contribution in [-0.2, 0) is 4.79 Å². The van der Waals surface area contributed by atoms with Gasteiger partial charge in [-0.2, -0.15) is 0 Å². The Bertz CT molecular complexity index is 779. The van der Waals surface area contributed by atoms with E-state index in [1.54, 1.807) is 6.33 Å². The average Bonchev–Trinajstić information content (AvgIpc) is 3.01. The summed E-state index contributed by atoms with van der Waals surface area (Å²) in [4.78, 5) is 32.8. The molecule has 4 heterocycles. The van der Waals surface area contributed by atoms with E-state index < -0.39 is 0 Å². The van der Waals surface area contributed by atoms with Crippen molar-refractivity contribution < 1.29 is 9.59 Å². The van der Waals surface area contributed by atoms with Gasteiger partial charge in [-0.05, 0) is 31.0 Å². The van der Waals surface area contributed by atoms with Crippen LogP contribution in [0.3, 0.4) is 0 Å². The van der Waals surface area contributed by atoms with Gasteiger partial charge >= 0.3 is 0 Å². The van der Waals surface area contributed by atoms with Crippen molar-refractivity contribution in [3.63, 3.8) is 0 Å². The number of aromatic nitrogens is 2. The zero-order chi connectivity index (χ0) is 17.2. The monoisotopic (exact) mass is 341 g/mol. The number of hydrogen-bond donors (Lipinski definition) is 1. The van der Waals surface area contributed by atoms with Gasteiger partial charge < -0.3 is 14.6 Å². The van der Waals surface area contributed by atoms with E-state index in [2.05, 4.69) is 15.2 Å². The lowest BCUT2D eigenvalue weighted by Gasteiger charge is -2.38. The number of hydrogen-bond acceptors (Lipinski definition) is 4. The van der Waals surface area contributed by atoms with E-state index >= 15 is 0 Å². The Morgan fingerprint density at radius 3 is 2.88 bits per heavy atom. The van der Waals surface area contributed by atoms with Crippen LogP contribution in [0.25, 0.3) is 5.52 Å². The Hall–Kier alpha value is -2.41. The summed E-state index contributed by atoms with van der Waals surface area (Å²) in [5.74, 6) is 0.157. The topological polar surface area (TPSA) is 70.0 Å². The first-order valence-corrected chi connectivity index (χ1v) is 8.93. The summed E-state index contributed by atoms with van der Waals surface area (Å²) in [5.41, 5.74) is 1.48. The normalized spacial score (nSPS) is 22.6. The maximum Gasteiger partial charge on any atom is 0.272 e. The molecule has 2 saturated heterocycles. The molecule has 1 unspecified atom stereocenters. The SMILES string of the molecule is O=C1CCC(N2CCN(C(=O)c3cc4cccn4cn3)CC2)CCN1. The van der Waals surface area contributed by atoms with Crippen LogP contribution in [0.2, 0.25) is 0 Å². The summed E-state index contributed by atoms with van der Waals surface area (Å²) in [6, 6.07) is 6.19. The number of piperazine rings is 1. The fourth-order valence-corrected chi connectivity index (χ4v) is 3.78. The summed E-state index contributed by atoms with van der Waals surface area (Å²) in [7, 11) is 0. The zero-order valence-corrected chi connectivity index (χ0v) is 14.2. The predicted molar refractivity (Wildman–Crippen MR) is 93.3 cm³/mol. The number of carbonyl (C=O) groups is 2. The lowest BCUT2D eigenvalue weighted by Crippen LogP contribution is -2.52. The molecule has 2 amide bonds. The molecular weight excluding hydrogens is 318 g/mol. The minimum Gasteiger partial charge on any atom is -0.356 e. The highest BCUT2D eigenvalue weighted by molar-refractivity contribution is 5.93. The Balaban J connectivity index is 1.37. The molecule has 0 radical (unpaired) electrons. The first kappa shape index (κ1) is 16.1. The van der Waals surface area contributed by atoms with Crippen LogP contribution >= 0.6 is 0 Å². The molecule has 0 saturated carbocycles. The highest BCUT2D eigenvalue weighted by atomic mass is 16.2. The van der Waals surface area contributed by atoms with Crippen molar-refractivity contribution in [1.29, 1.82) is 0 Å². The van der Waals surface area contributed by atoms with E-state index in [0.717, 1.165) is 38.0 Å². The molecule has 7 nitrogen and oxygen atoms in total. The number of nitrogens with one attached hydrogen (secondary N) is 1. The number of nitrogens with zero attached hydrogens (tertiary/aromatic N) is 4. The van der Waals surface area contributed by atoms with E-state index in [1.807, 2.05) is 33.7 Å². The molecule has 1 atom stereocenters. The second-order valence-electron chi connectivity index (χ2n) is 6.77. The van der Waals surface area contributed by atoms with Crippen LogP contribution in [0.15, 0.2) is 30.7 Å². The molecule has 2 fully saturated rings. The molecule has 2 aliphatic heterocycles. The van der Waals surface area contributed by atoms with Crippen LogP contribution in [0.1, 0.15) is 29.8 Å². The highest BCUT2D eigenvalue weighted by Crippen LogP contribution is 2.17. The summed E-state index contributed by atoms with van der Waals surface area (Å²) in [6.45, 7) is 3.90. The van der Waals surface area contributed by atoms with E-state index in [-0.39, 0.29) is 11.8 Å². The van der Waals surface area contributed by atoms with Crippen LogP contribution in [-0.4, -0.2) is 69.8 Å². The highest BCUT2D eigenvalue weighted by Gasteiger charge is 2.28. The minimum atomic E-state index is 0.000982. The van der Waals surface area contributed by atoms with Crippen molar-refractivity contribution in [1.82, 2.24) is 24.5 Å². The fourth-order valence-electron chi connectivity index (χ4n) is 3.78. The Labute approximate surface area is 146 Å². The molecule has 0 aliphatic carbocycles. The van der Waals surface area contributed by atoms with Gasteiger partial charge in [-0.25, -0.2) is 4.98 Å². The molecule has 2 aliphatic rings. The number of carbonyl (C=O) groups excluding carboxylic acids is 2. The third-order valence-electron chi connectivity index (χ3n) is 5.26. The van der Waals surface area contributed by atoms with Crippen LogP contribution in [0.5, 0.6) is 0 Å². The second kappa shape index (κ2) is 6.84. The fraction of sp³-hybridized carbons (Fsp3) is 0.500. The van der Waals surface area contributed by atoms with Crippen LogP contribution < -0.4 is 5.32 Å². The van der Waals surface area contributed by atoms with Gasteiger partial charge in [-0.3, -0.25) is 14.5 Å². The van der Waals surface area contributed by atoms with Crippen molar-refractivity contribution in [2.75, 3.05) is 32.7 Å². The summed E-state index contributed by atoms with van der Waals surface area (Å²) in [6.07, 6.45) is 6.11. The molecule has 1 N–H and O–H groups in total. The average molecular weight is 341 g/mol. The number of amides is 2. The molecule has 132 valence electrons. The number of rotatable bonds is 2. The van der Waals surface area contributed by atoms with Crippen molar-refractivity contribution >= 4 is 17.3 Å². The lowest BCUT2D eigenvalue weighted by molar-refractivity contribution is -0.120. The quantitative estimate of drug-likeness (QED) is 0.876. The number of fused-ring (bicyclic) bond motifs is 1. The summed E-state index contributed by atoms with van der Waals surface area (Å²) in [5, 5.41) is 2.93. The maximum absolute atomic E-state index is 12.7. The van der Waals surface area contributed by atoms with E-state index in [0.29, 0.717) is 31.2 Å². The summed E-state index contributed by atoms with van der Waals surface area (Å²) < 4.78 is 1.90. The molecular formula is C18H23N5O2. The largest absolute Gasteiger partial charge is 0.356 e. The van der Waals surface area contributed by atoms with Crippen LogP contribution in [0.4, 0.5) is 0 Å². The third kappa shape index (κ3) is 3.37. The Kier molecular flexibility index (Phi) is 4.40. The van der Waals surface area contributed by atoms with Gasteiger partial charge in [0.1, 0.15) is 5.69 Å². The molecule has 0 spiro atoms. The van der Waals surface area contributed by atoms with E-state index in [1.165, 1.54) is 0 Å². The first-order valence-electron chi connectivity index (χ1n) is 8.93. The van der Waals surface area contributed by atoms with Gasteiger partial charge in [0, 0.05) is 56.9 Å². The molecule has 2 aromatic heterocycles. The van der Waals surface area contributed by atoms with E-state index in [4.69, 9.17) is 0 Å². The second-order valence-corrected chi connectivity index (χ2v) is 6.77. The van der Waals surface area contributed by atoms with Gasteiger partial charge in [0.05, 0.1) is 6.33 Å². The molecule has 2 aromatic rings. The van der Waals surface area contributed by atoms with Gasteiger partial charge in [-0.1, -0.05) is 0 Å². The molecule has 25 heavy (non-hydrogen) atoms.